The van der Waals surface area contributed by atoms with Crippen molar-refractivity contribution in [3.63, 3.8) is 0 Å². The third-order valence-corrected chi connectivity index (χ3v) is 3.66. The Morgan fingerprint density at radius 1 is 1.50 bits per heavy atom. The molecule has 3 rings (SSSR count). The maximum absolute atomic E-state index is 2.50. The van der Waals surface area contributed by atoms with Crippen LogP contribution in [0.15, 0.2) is 0 Å². The van der Waals surface area contributed by atoms with Gasteiger partial charge in [0, 0.05) is 11.8 Å². The predicted molar refractivity (Wildman–Crippen MR) is 51.7 cm³/mol. The van der Waals surface area contributed by atoms with Gasteiger partial charge in [-0.25, -0.2) is 4.58 Å². The first-order chi connectivity index (χ1) is 5.72. The summed E-state index contributed by atoms with van der Waals surface area (Å²) in [5.74, 6) is 3.83. The van der Waals surface area contributed by atoms with E-state index in [4.69, 9.17) is 0 Å². The van der Waals surface area contributed by atoms with Gasteiger partial charge in [-0.1, -0.05) is 13.8 Å². The molecule has 1 nitrogen and oxygen atoms in total. The highest BCUT2D eigenvalue weighted by atomic mass is 15.0. The zero-order chi connectivity index (χ0) is 8.72. The lowest BCUT2D eigenvalue weighted by molar-refractivity contribution is -0.547. The van der Waals surface area contributed by atoms with Gasteiger partial charge in [0.25, 0.3) is 0 Å². The maximum Gasteiger partial charge on any atom is 0.145 e. The van der Waals surface area contributed by atoms with E-state index < -0.39 is 0 Å². The molecule has 0 amide bonds. The van der Waals surface area contributed by atoms with Crippen molar-refractivity contribution in [2.75, 3.05) is 13.1 Å². The Bertz CT molecular complexity index is 205. The van der Waals surface area contributed by atoms with Gasteiger partial charge in [0.15, 0.2) is 0 Å². The lowest BCUT2D eigenvalue weighted by Crippen LogP contribution is -2.51. The summed E-state index contributed by atoms with van der Waals surface area (Å²) in [6, 6.07) is 0. The third-order valence-electron chi connectivity index (χ3n) is 3.66. The minimum Gasteiger partial charge on any atom is -0.239 e. The highest BCUT2D eigenvalue weighted by Crippen LogP contribution is 2.46. The van der Waals surface area contributed by atoms with Crippen molar-refractivity contribution in [2.45, 2.75) is 27.2 Å². The third kappa shape index (κ3) is 1.10. The second-order valence-electron chi connectivity index (χ2n) is 4.72. The number of hydrogen-bond acceptors (Lipinski definition) is 0. The molecule has 3 aliphatic rings. The van der Waals surface area contributed by atoms with Crippen LogP contribution in [0.1, 0.15) is 27.2 Å². The Balaban J connectivity index is 2.07. The molecule has 12 heavy (non-hydrogen) atoms. The molecule has 2 bridgehead atoms. The van der Waals surface area contributed by atoms with Gasteiger partial charge in [0.2, 0.25) is 0 Å². The molecule has 1 heteroatoms. The summed E-state index contributed by atoms with van der Waals surface area (Å²) in [5, 5.41) is 0. The first kappa shape index (κ1) is 8.28. The molecule has 1 saturated carbocycles. The second-order valence-corrected chi connectivity index (χ2v) is 4.72. The van der Waals surface area contributed by atoms with E-state index in [1.807, 2.05) is 0 Å². The highest BCUT2D eigenvalue weighted by Gasteiger charge is 2.48. The summed E-state index contributed by atoms with van der Waals surface area (Å²) < 4.78 is 2.50. The summed E-state index contributed by atoms with van der Waals surface area (Å²) in [7, 11) is 0. The molecule has 1 fully saturated rings. The van der Waals surface area contributed by atoms with Gasteiger partial charge in [-0.05, 0) is 25.2 Å². The zero-order valence-electron chi connectivity index (χ0n) is 8.46. The van der Waals surface area contributed by atoms with Gasteiger partial charge in [0.1, 0.15) is 19.3 Å². The molecule has 1 aliphatic carbocycles. The van der Waals surface area contributed by atoms with Crippen molar-refractivity contribution in [3.05, 3.63) is 0 Å². The number of fused-ring (bicyclic) bond motifs is 1. The monoisotopic (exact) mass is 166 g/mol. The molecule has 2 heterocycles. The largest absolute Gasteiger partial charge is 0.239 e. The van der Waals surface area contributed by atoms with E-state index in [2.05, 4.69) is 31.6 Å². The number of rotatable bonds is 2. The van der Waals surface area contributed by atoms with E-state index in [9.17, 15) is 0 Å². The quantitative estimate of drug-likeness (QED) is 0.552. The van der Waals surface area contributed by atoms with Crippen molar-refractivity contribution >= 4 is 6.21 Å². The van der Waals surface area contributed by atoms with Crippen molar-refractivity contribution in [3.8, 4) is 0 Å². The average molecular weight is 166 g/mol. The van der Waals surface area contributed by atoms with Crippen LogP contribution >= 0.6 is 0 Å². The van der Waals surface area contributed by atoms with Crippen LogP contribution in [0.5, 0.6) is 0 Å². The molecular weight excluding hydrogens is 146 g/mol. The van der Waals surface area contributed by atoms with E-state index >= 15 is 0 Å². The van der Waals surface area contributed by atoms with Crippen LogP contribution < -0.4 is 0 Å². The van der Waals surface area contributed by atoms with Crippen LogP contribution in [0.3, 0.4) is 0 Å². The molecule has 0 aromatic carbocycles. The summed E-state index contributed by atoms with van der Waals surface area (Å²) in [4.78, 5) is 0. The Morgan fingerprint density at radius 2 is 2.25 bits per heavy atom. The second kappa shape index (κ2) is 2.86. The van der Waals surface area contributed by atoms with Crippen LogP contribution in [0.2, 0.25) is 0 Å². The fourth-order valence-corrected chi connectivity index (χ4v) is 3.08. The Morgan fingerprint density at radius 3 is 2.67 bits per heavy atom. The number of hydrogen-bond donors (Lipinski definition) is 0. The summed E-state index contributed by atoms with van der Waals surface area (Å²) in [6.45, 7) is 9.54. The summed E-state index contributed by atoms with van der Waals surface area (Å²) >= 11 is 0. The Kier molecular flexibility index (Phi) is 1.97. The highest BCUT2D eigenvalue weighted by molar-refractivity contribution is 5.58. The Labute approximate surface area is 75.5 Å². The van der Waals surface area contributed by atoms with Crippen LogP contribution in [-0.4, -0.2) is 23.9 Å². The van der Waals surface area contributed by atoms with Gasteiger partial charge >= 0.3 is 0 Å². The van der Waals surface area contributed by atoms with Crippen molar-refractivity contribution in [2.24, 2.45) is 23.7 Å². The minimum atomic E-state index is 0.893. The molecule has 68 valence electrons. The fourth-order valence-electron chi connectivity index (χ4n) is 3.08. The topological polar surface area (TPSA) is 3.01 Å². The standard InChI is InChI=1S/C11H20N/c1-4-12-6-9-5-10(7-12)11(9)8(2)3/h6,8-11H,4-5,7H2,1-3H3/q+1/t9?,10?,11-/m1/s1. The SMILES string of the molecule is CC[N+]1=CC2CC(C1)[C@@H]2C(C)C. The molecule has 3 atom stereocenters. The van der Waals surface area contributed by atoms with Crippen LogP contribution in [0.4, 0.5) is 0 Å². The predicted octanol–water partition coefficient (Wildman–Crippen LogP) is 2.01. The van der Waals surface area contributed by atoms with E-state index in [-0.39, 0.29) is 0 Å². The van der Waals surface area contributed by atoms with Crippen LogP contribution in [0, 0.1) is 23.7 Å². The molecule has 0 aromatic rings. The lowest BCUT2D eigenvalue weighted by atomic mass is 9.59. The van der Waals surface area contributed by atoms with Crippen LogP contribution in [-0.2, 0) is 0 Å². The molecule has 0 N–H and O–H groups in total. The maximum atomic E-state index is 2.50. The van der Waals surface area contributed by atoms with E-state index in [1.54, 1.807) is 0 Å². The lowest BCUT2D eigenvalue weighted by Gasteiger charge is -2.46. The van der Waals surface area contributed by atoms with Crippen molar-refractivity contribution in [1.82, 2.24) is 0 Å². The van der Waals surface area contributed by atoms with Crippen molar-refractivity contribution < 1.29 is 4.58 Å². The van der Waals surface area contributed by atoms with Crippen molar-refractivity contribution in [1.29, 1.82) is 0 Å². The molecule has 0 aromatic heterocycles. The molecule has 2 aliphatic heterocycles. The minimum absolute atomic E-state index is 0.893. The molecule has 2 unspecified atom stereocenters. The first-order valence-electron chi connectivity index (χ1n) is 5.31. The van der Waals surface area contributed by atoms with Gasteiger partial charge < -0.3 is 0 Å². The normalized spacial score (nSPS) is 39.3. The van der Waals surface area contributed by atoms with E-state index in [0.29, 0.717) is 0 Å². The van der Waals surface area contributed by atoms with Crippen LogP contribution in [0.25, 0.3) is 0 Å². The van der Waals surface area contributed by atoms with E-state index in [1.165, 1.54) is 19.5 Å². The summed E-state index contributed by atoms with van der Waals surface area (Å²) in [6.07, 6.45) is 3.96. The van der Waals surface area contributed by atoms with Gasteiger partial charge in [-0.2, -0.15) is 0 Å². The molecular formula is C11H20N+. The first-order valence-corrected chi connectivity index (χ1v) is 5.31. The molecule has 0 radical (unpaired) electrons. The van der Waals surface area contributed by atoms with Gasteiger partial charge in [-0.15, -0.1) is 0 Å². The zero-order valence-corrected chi connectivity index (χ0v) is 8.46. The Hall–Kier alpha value is -0.330. The van der Waals surface area contributed by atoms with Gasteiger partial charge in [-0.3, -0.25) is 0 Å². The molecule has 0 saturated heterocycles. The molecule has 0 spiro atoms. The fraction of sp³-hybridized carbons (Fsp3) is 0.909. The average Bonchev–Trinajstić information content (AvgIpc) is 2.03. The smallest absolute Gasteiger partial charge is 0.145 e. The number of nitrogens with zero attached hydrogens (tertiary/aromatic N) is 1. The van der Waals surface area contributed by atoms with E-state index in [0.717, 1.165) is 23.7 Å². The summed E-state index contributed by atoms with van der Waals surface area (Å²) in [5.41, 5.74) is 0. The van der Waals surface area contributed by atoms with Gasteiger partial charge in [0.05, 0.1) is 0 Å².